The molecule has 3 nitrogen and oxygen atoms in total. The fourth-order valence-corrected chi connectivity index (χ4v) is 3.43. The van der Waals surface area contributed by atoms with Crippen LogP contribution in [0, 0.1) is 0 Å². The third-order valence-corrected chi connectivity index (χ3v) is 4.38. The Bertz CT molecular complexity index is 399. The quantitative estimate of drug-likeness (QED) is 0.641. The molecule has 4 heteroatoms. The lowest BCUT2D eigenvalue weighted by Crippen LogP contribution is -2.49. The van der Waals surface area contributed by atoms with E-state index in [1.54, 1.807) is 0 Å². The number of hydrogen-bond donors (Lipinski definition) is 2. The van der Waals surface area contributed by atoms with Gasteiger partial charge in [0.05, 0.1) is 11.6 Å². The van der Waals surface area contributed by atoms with Crippen molar-refractivity contribution in [2.75, 3.05) is 6.61 Å². The molecule has 3 N–H and O–H groups in total. The largest absolute Gasteiger partial charge is 0.373 e. The second-order valence-electron chi connectivity index (χ2n) is 5.18. The highest BCUT2D eigenvalue weighted by Gasteiger charge is 2.41. The van der Waals surface area contributed by atoms with Gasteiger partial charge in [-0.3, -0.25) is 11.3 Å². The van der Waals surface area contributed by atoms with Crippen molar-refractivity contribution < 1.29 is 4.74 Å². The number of rotatable bonds is 5. The van der Waals surface area contributed by atoms with E-state index in [1.807, 2.05) is 31.2 Å². The Hall–Kier alpha value is -0.610. The van der Waals surface area contributed by atoms with Crippen molar-refractivity contribution in [2.45, 2.75) is 50.7 Å². The minimum absolute atomic E-state index is 0.0542. The molecular formula is C15H23ClN2O. The zero-order valence-corrected chi connectivity index (χ0v) is 12.2. The molecule has 0 heterocycles. The third-order valence-electron chi connectivity index (χ3n) is 4.04. The van der Waals surface area contributed by atoms with Crippen LogP contribution in [0.15, 0.2) is 24.3 Å². The molecular weight excluding hydrogens is 260 g/mol. The van der Waals surface area contributed by atoms with Crippen molar-refractivity contribution in [3.8, 4) is 0 Å². The van der Waals surface area contributed by atoms with Crippen molar-refractivity contribution in [1.82, 2.24) is 5.43 Å². The van der Waals surface area contributed by atoms with Gasteiger partial charge in [0.1, 0.15) is 0 Å². The number of nitrogens with two attached hydrogens (primary N) is 1. The lowest BCUT2D eigenvalue weighted by molar-refractivity contribution is -0.0913. The summed E-state index contributed by atoms with van der Waals surface area (Å²) < 4.78 is 6.13. The first-order valence-electron chi connectivity index (χ1n) is 7.08. The van der Waals surface area contributed by atoms with Gasteiger partial charge < -0.3 is 4.74 Å². The standard InChI is InChI=1S/C15H23ClN2O/c1-2-19-15(10-6-3-7-11-15)14(18-17)12-8-4-5-9-13(12)16/h4-5,8-9,14,18H,2-3,6-7,10-11,17H2,1H3. The van der Waals surface area contributed by atoms with Crippen LogP contribution in [0.5, 0.6) is 0 Å². The average molecular weight is 283 g/mol. The van der Waals surface area contributed by atoms with Gasteiger partial charge >= 0.3 is 0 Å². The minimum atomic E-state index is -0.229. The highest BCUT2D eigenvalue weighted by Crippen LogP contribution is 2.42. The molecule has 1 fully saturated rings. The second-order valence-corrected chi connectivity index (χ2v) is 5.59. The predicted octanol–water partition coefficient (Wildman–Crippen LogP) is 3.58. The van der Waals surface area contributed by atoms with Gasteiger partial charge in [0, 0.05) is 11.6 Å². The fourth-order valence-electron chi connectivity index (χ4n) is 3.19. The Balaban J connectivity index is 2.34. The molecule has 1 aliphatic rings. The van der Waals surface area contributed by atoms with E-state index >= 15 is 0 Å². The van der Waals surface area contributed by atoms with Crippen LogP contribution in [-0.2, 0) is 4.74 Å². The summed E-state index contributed by atoms with van der Waals surface area (Å²) in [7, 11) is 0. The van der Waals surface area contributed by atoms with Crippen molar-refractivity contribution in [1.29, 1.82) is 0 Å². The normalized spacial score (nSPS) is 20.2. The maximum atomic E-state index is 6.33. The van der Waals surface area contributed by atoms with E-state index in [-0.39, 0.29) is 11.6 Å². The summed E-state index contributed by atoms with van der Waals surface area (Å²) in [5.74, 6) is 5.83. The molecule has 0 amide bonds. The summed E-state index contributed by atoms with van der Waals surface area (Å²) in [6.07, 6.45) is 5.70. The summed E-state index contributed by atoms with van der Waals surface area (Å²) in [5, 5.41) is 0.745. The van der Waals surface area contributed by atoms with Gasteiger partial charge in [-0.2, -0.15) is 0 Å². The van der Waals surface area contributed by atoms with Crippen LogP contribution in [-0.4, -0.2) is 12.2 Å². The molecule has 1 unspecified atom stereocenters. The Morgan fingerprint density at radius 1 is 1.32 bits per heavy atom. The van der Waals surface area contributed by atoms with Crippen molar-refractivity contribution in [3.63, 3.8) is 0 Å². The summed E-state index contributed by atoms with van der Waals surface area (Å²) in [5.41, 5.74) is 3.75. The third kappa shape index (κ3) is 3.11. The Morgan fingerprint density at radius 3 is 2.58 bits per heavy atom. The molecule has 0 saturated heterocycles. The zero-order chi connectivity index (χ0) is 13.7. The van der Waals surface area contributed by atoms with E-state index < -0.39 is 0 Å². The molecule has 0 aromatic heterocycles. The van der Waals surface area contributed by atoms with E-state index in [4.69, 9.17) is 22.2 Å². The first kappa shape index (κ1) is 14.8. The van der Waals surface area contributed by atoms with Crippen LogP contribution in [0.2, 0.25) is 5.02 Å². The van der Waals surface area contributed by atoms with Crippen LogP contribution in [0.25, 0.3) is 0 Å². The SMILES string of the molecule is CCOC1(C(NN)c2ccccc2Cl)CCCCC1. The van der Waals surface area contributed by atoms with Gasteiger partial charge in [-0.1, -0.05) is 49.1 Å². The molecule has 0 aliphatic heterocycles. The van der Waals surface area contributed by atoms with Crippen LogP contribution in [0.4, 0.5) is 0 Å². The van der Waals surface area contributed by atoms with Crippen molar-refractivity contribution in [3.05, 3.63) is 34.9 Å². The first-order chi connectivity index (χ1) is 9.23. The zero-order valence-electron chi connectivity index (χ0n) is 11.5. The Morgan fingerprint density at radius 2 is 2.00 bits per heavy atom. The topological polar surface area (TPSA) is 47.3 Å². The molecule has 1 aliphatic carbocycles. The fraction of sp³-hybridized carbons (Fsp3) is 0.600. The number of nitrogens with one attached hydrogen (secondary N) is 1. The Kier molecular flexibility index (Phi) is 5.22. The number of hydrazine groups is 1. The second kappa shape index (κ2) is 6.71. The van der Waals surface area contributed by atoms with Crippen molar-refractivity contribution in [2.24, 2.45) is 5.84 Å². The number of halogens is 1. The highest BCUT2D eigenvalue weighted by atomic mass is 35.5. The van der Waals surface area contributed by atoms with Crippen LogP contribution >= 0.6 is 11.6 Å². The van der Waals surface area contributed by atoms with Gasteiger partial charge in [0.25, 0.3) is 0 Å². The van der Waals surface area contributed by atoms with Gasteiger partial charge in [0.2, 0.25) is 0 Å². The summed E-state index contributed by atoms with van der Waals surface area (Å²) in [4.78, 5) is 0. The molecule has 1 aromatic rings. The van der Waals surface area contributed by atoms with Gasteiger partial charge in [-0.25, -0.2) is 0 Å². The molecule has 2 rings (SSSR count). The monoisotopic (exact) mass is 282 g/mol. The number of ether oxygens (including phenoxy) is 1. The first-order valence-corrected chi connectivity index (χ1v) is 7.46. The highest BCUT2D eigenvalue weighted by molar-refractivity contribution is 6.31. The smallest absolute Gasteiger partial charge is 0.0889 e. The maximum Gasteiger partial charge on any atom is 0.0889 e. The van der Waals surface area contributed by atoms with E-state index in [2.05, 4.69) is 5.43 Å². The average Bonchev–Trinajstić information content (AvgIpc) is 2.43. The van der Waals surface area contributed by atoms with E-state index in [9.17, 15) is 0 Å². The number of benzene rings is 1. The van der Waals surface area contributed by atoms with Crippen molar-refractivity contribution >= 4 is 11.6 Å². The number of hydrogen-bond acceptors (Lipinski definition) is 3. The molecule has 1 aromatic carbocycles. The summed E-state index contributed by atoms with van der Waals surface area (Å²) >= 11 is 6.33. The van der Waals surface area contributed by atoms with Crippen LogP contribution in [0.3, 0.4) is 0 Å². The Labute approximate surface area is 120 Å². The molecule has 19 heavy (non-hydrogen) atoms. The van der Waals surface area contributed by atoms with Gasteiger partial charge in [-0.05, 0) is 31.4 Å². The molecule has 1 saturated carbocycles. The molecule has 106 valence electrons. The predicted molar refractivity (Wildman–Crippen MR) is 79.0 cm³/mol. The summed E-state index contributed by atoms with van der Waals surface area (Å²) in [6, 6.07) is 7.81. The van der Waals surface area contributed by atoms with E-state index in [1.165, 1.54) is 19.3 Å². The maximum absolute atomic E-state index is 6.33. The van der Waals surface area contributed by atoms with Gasteiger partial charge in [-0.15, -0.1) is 0 Å². The lowest BCUT2D eigenvalue weighted by Gasteiger charge is -2.43. The molecule has 0 spiro atoms. The summed E-state index contributed by atoms with van der Waals surface area (Å²) in [6.45, 7) is 2.74. The lowest BCUT2D eigenvalue weighted by atomic mass is 9.77. The minimum Gasteiger partial charge on any atom is -0.373 e. The van der Waals surface area contributed by atoms with Gasteiger partial charge in [0.15, 0.2) is 0 Å². The van der Waals surface area contributed by atoms with E-state index in [0.717, 1.165) is 23.4 Å². The molecule has 1 atom stereocenters. The molecule has 0 bridgehead atoms. The van der Waals surface area contributed by atoms with Crippen LogP contribution in [0.1, 0.15) is 50.6 Å². The molecule has 0 radical (unpaired) electrons. The van der Waals surface area contributed by atoms with Crippen LogP contribution < -0.4 is 11.3 Å². The van der Waals surface area contributed by atoms with E-state index in [0.29, 0.717) is 6.61 Å².